The summed E-state index contributed by atoms with van der Waals surface area (Å²) in [4.78, 5) is 37.7. The Kier molecular flexibility index (Phi) is 6.00. The number of amides is 3. The van der Waals surface area contributed by atoms with Crippen molar-refractivity contribution in [2.24, 2.45) is 17.8 Å². The van der Waals surface area contributed by atoms with Crippen molar-refractivity contribution in [3.05, 3.63) is 0 Å². The van der Waals surface area contributed by atoms with Crippen LogP contribution in [-0.2, 0) is 14.4 Å². The zero-order chi connectivity index (χ0) is 15.7. The number of aliphatic hydroxyl groups is 1. The summed E-state index contributed by atoms with van der Waals surface area (Å²) in [5.41, 5.74) is 0. The van der Waals surface area contributed by atoms with Gasteiger partial charge in [-0.2, -0.15) is 0 Å². The Morgan fingerprint density at radius 3 is 2.30 bits per heavy atom. The molecule has 3 N–H and O–H groups in total. The molecular weight excluding hydrogens is 322 g/mol. The standard InChI is InChI=1S/C15H23N3O4.ClH/c19-12-7-16-5-9(12)6-17-13(20)8-18-14(21)10-3-1-2-4-11(10)15(18)22;/h9-12,16,19H,1-8H2,(H,17,20);1H. The second-order valence-electron chi connectivity index (χ2n) is 6.55. The van der Waals surface area contributed by atoms with Crippen molar-refractivity contribution < 1.29 is 19.5 Å². The Morgan fingerprint density at radius 1 is 1.17 bits per heavy atom. The molecule has 3 rings (SSSR count). The van der Waals surface area contributed by atoms with E-state index in [2.05, 4.69) is 10.6 Å². The van der Waals surface area contributed by atoms with Crippen LogP contribution in [0.15, 0.2) is 0 Å². The fourth-order valence-corrected chi connectivity index (χ4v) is 3.76. The molecule has 2 saturated heterocycles. The molecule has 0 bridgehead atoms. The van der Waals surface area contributed by atoms with Crippen LogP contribution in [0.2, 0.25) is 0 Å². The molecule has 3 amide bonds. The molecule has 23 heavy (non-hydrogen) atoms. The molecule has 3 aliphatic rings. The smallest absolute Gasteiger partial charge is 0.240 e. The summed E-state index contributed by atoms with van der Waals surface area (Å²) in [5.74, 6) is -1.15. The van der Waals surface area contributed by atoms with E-state index >= 15 is 0 Å². The zero-order valence-corrected chi connectivity index (χ0v) is 13.8. The number of carbonyl (C=O) groups is 3. The number of likely N-dealkylation sites (tertiary alicyclic amines) is 1. The largest absolute Gasteiger partial charge is 0.391 e. The van der Waals surface area contributed by atoms with Gasteiger partial charge in [-0.25, -0.2) is 0 Å². The molecular formula is C15H24ClN3O4. The van der Waals surface area contributed by atoms with Crippen LogP contribution in [0.3, 0.4) is 0 Å². The van der Waals surface area contributed by atoms with E-state index in [0.29, 0.717) is 19.6 Å². The highest BCUT2D eigenvalue weighted by Gasteiger charge is 2.48. The molecule has 2 aliphatic heterocycles. The number of rotatable bonds is 4. The number of hydrogen-bond acceptors (Lipinski definition) is 5. The van der Waals surface area contributed by atoms with Crippen molar-refractivity contribution in [3.63, 3.8) is 0 Å². The Hall–Kier alpha value is -1.18. The average molecular weight is 346 g/mol. The number of nitrogens with one attached hydrogen (secondary N) is 2. The molecule has 7 nitrogen and oxygen atoms in total. The number of carbonyl (C=O) groups excluding carboxylic acids is 3. The van der Waals surface area contributed by atoms with Gasteiger partial charge in [-0.05, 0) is 12.8 Å². The molecule has 3 fully saturated rings. The molecule has 4 atom stereocenters. The minimum Gasteiger partial charge on any atom is -0.391 e. The summed E-state index contributed by atoms with van der Waals surface area (Å²) in [6.07, 6.45) is 3.01. The molecule has 130 valence electrons. The van der Waals surface area contributed by atoms with E-state index in [1.165, 1.54) is 0 Å². The summed E-state index contributed by atoms with van der Waals surface area (Å²) in [6.45, 7) is 1.36. The third-order valence-electron chi connectivity index (χ3n) is 5.10. The Balaban J connectivity index is 0.00000192. The van der Waals surface area contributed by atoms with E-state index in [9.17, 15) is 19.5 Å². The Morgan fingerprint density at radius 2 is 1.78 bits per heavy atom. The number of imide groups is 1. The van der Waals surface area contributed by atoms with Crippen molar-refractivity contribution in [1.29, 1.82) is 0 Å². The maximum atomic E-state index is 12.3. The lowest BCUT2D eigenvalue weighted by Crippen LogP contribution is -2.43. The van der Waals surface area contributed by atoms with Crippen LogP contribution in [0.25, 0.3) is 0 Å². The number of nitrogens with zero attached hydrogens (tertiary/aromatic N) is 1. The first-order valence-electron chi connectivity index (χ1n) is 8.08. The van der Waals surface area contributed by atoms with Crippen LogP contribution in [0, 0.1) is 17.8 Å². The fourth-order valence-electron chi connectivity index (χ4n) is 3.76. The first kappa shape index (κ1) is 18.2. The first-order valence-corrected chi connectivity index (χ1v) is 8.08. The molecule has 2 heterocycles. The van der Waals surface area contributed by atoms with Gasteiger partial charge in [0, 0.05) is 25.6 Å². The third-order valence-corrected chi connectivity index (χ3v) is 5.10. The summed E-state index contributed by atoms with van der Waals surface area (Å²) in [5, 5.41) is 15.4. The van der Waals surface area contributed by atoms with E-state index in [0.717, 1.165) is 30.6 Å². The lowest BCUT2D eigenvalue weighted by atomic mass is 9.81. The minimum absolute atomic E-state index is 0. The zero-order valence-electron chi connectivity index (χ0n) is 13.0. The van der Waals surface area contributed by atoms with E-state index < -0.39 is 6.10 Å². The van der Waals surface area contributed by atoms with Crippen molar-refractivity contribution in [2.75, 3.05) is 26.2 Å². The van der Waals surface area contributed by atoms with Gasteiger partial charge in [0.25, 0.3) is 0 Å². The highest BCUT2D eigenvalue weighted by Crippen LogP contribution is 2.37. The van der Waals surface area contributed by atoms with Gasteiger partial charge in [0.2, 0.25) is 17.7 Å². The minimum atomic E-state index is -0.460. The summed E-state index contributed by atoms with van der Waals surface area (Å²) < 4.78 is 0. The summed E-state index contributed by atoms with van der Waals surface area (Å²) >= 11 is 0. The van der Waals surface area contributed by atoms with Gasteiger partial charge < -0.3 is 15.7 Å². The van der Waals surface area contributed by atoms with E-state index in [-0.39, 0.29) is 54.4 Å². The SMILES string of the molecule is Cl.O=C(CN1C(=O)C2CCCCC2C1=O)NCC1CNCC1O. The quantitative estimate of drug-likeness (QED) is 0.584. The average Bonchev–Trinajstić information content (AvgIpc) is 3.03. The van der Waals surface area contributed by atoms with Gasteiger partial charge in [-0.1, -0.05) is 12.8 Å². The van der Waals surface area contributed by atoms with Gasteiger partial charge in [-0.15, -0.1) is 12.4 Å². The second kappa shape index (κ2) is 7.59. The molecule has 1 saturated carbocycles. The molecule has 0 spiro atoms. The van der Waals surface area contributed by atoms with Crippen LogP contribution in [0.4, 0.5) is 0 Å². The molecule has 0 radical (unpaired) electrons. The van der Waals surface area contributed by atoms with Crippen LogP contribution in [0.5, 0.6) is 0 Å². The predicted octanol–water partition coefficient (Wildman–Crippen LogP) is -0.720. The summed E-state index contributed by atoms with van der Waals surface area (Å²) in [6, 6.07) is 0. The number of halogens is 1. The third kappa shape index (κ3) is 3.67. The summed E-state index contributed by atoms with van der Waals surface area (Å²) in [7, 11) is 0. The predicted molar refractivity (Wildman–Crippen MR) is 84.8 cm³/mol. The van der Waals surface area contributed by atoms with E-state index in [4.69, 9.17) is 0 Å². The van der Waals surface area contributed by atoms with Gasteiger partial charge >= 0.3 is 0 Å². The van der Waals surface area contributed by atoms with Crippen LogP contribution >= 0.6 is 12.4 Å². The normalized spacial score (nSPS) is 33.3. The Labute approximate surface area is 141 Å². The number of fused-ring (bicyclic) bond motifs is 1. The second-order valence-corrected chi connectivity index (χ2v) is 6.55. The number of aliphatic hydroxyl groups excluding tert-OH is 1. The van der Waals surface area contributed by atoms with Crippen molar-refractivity contribution >= 4 is 30.1 Å². The van der Waals surface area contributed by atoms with Crippen molar-refractivity contribution in [3.8, 4) is 0 Å². The highest BCUT2D eigenvalue weighted by atomic mass is 35.5. The highest BCUT2D eigenvalue weighted by molar-refractivity contribution is 6.07. The van der Waals surface area contributed by atoms with E-state index in [1.54, 1.807) is 0 Å². The lowest BCUT2D eigenvalue weighted by Gasteiger charge is -2.19. The molecule has 0 aromatic heterocycles. The number of hydrogen-bond donors (Lipinski definition) is 3. The monoisotopic (exact) mass is 345 g/mol. The van der Waals surface area contributed by atoms with Crippen LogP contribution in [0.1, 0.15) is 25.7 Å². The van der Waals surface area contributed by atoms with Gasteiger partial charge in [0.1, 0.15) is 6.54 Å². The number of β-amino-alcohol motifs (C(OH)–C–C–N with tert-alkyl or cyclic N) is 1. The van der Waals surface area contributed by atoms with Crippen LogP contribution < -0.4 is 10.6 Å². The topological polar surface area (TPSA) is 98.7 Å². The van der Waals surface area contributed by atoms with Gasteiger partial charge in [0.15, 0.2) is 0 Å². The van der Waals surface area contributed by atoms with E-state index in [1.807, 2.05) is 0 Å². The van der Waals surface area contributed by atoms with Crippen LogP contribution in [-0.4, -0.2) is 60.0 Å². The molecule has 8 heteroatoms. The molecule has 1 aliphatic carbocycles. The maximum Gasteiger partial charge on any atom is 0.240 e. The molecule has 0 aromatic carbocycles. The molecule has 4 unspecified atom stereocenters. The lowest BCUT2D eigenvalue weighted by molar-refractivity contribution is -0.143. The fraction of sp³-hybridized carbons (Fsp3) is 0.800. The van der Waals surface area contributed by atoms with Gasteiger partial charge in [0.05, 0.1) is 17.9 Å². The van der Waals surface area contributed by atoms with Gasteiger partial charge in [-0.3, -0.25) is 19.3 Å². The Bertz CT molecular complexity index is 463. The first-order chi connectivity index (χ1) is 10.6. The molecule has 0 aromatic rings. The van der Waals surface area contributed by atoms with Crippen molar-refractivity contribution in [1.82, 2.24) is 15.5 Å². The van der Waals surface area contributed by atoms with Crippen molar-refractivity contribution in [2.45, 2.75) is 31.8 Å². The maximum absolute atomic E-state index is 12.3.